The Morgan fingerprint density at radius 1 is 1.00 bits per heavy atom. The molecule has 5 heteroatoms. The SMILES string of the molecule is CC(=O)OC1CC[C@@]2(C)C(=CC[C@@H]3[C@@H]2CC[C@]2(C)C(=O)C(OC(C)=O)C[C@@H]32)C1. The van der Waals surface area contributed by atoms with Gasteiger partial charge in [-0.2, -0.15) is 0 Å². The summed E-state index contributed by atoms with van der Waals surface area (Å²) in [6, 6.07) is 0. The highest BCUT2D eigenvalue weighted by atomic mass is 16.5. The van der Waals surface area contributed by atoms with E-state index in [1.54, 1.807) is 0 Å². The van der Waals surface area contributed by atoms with Crippen molar-refractivity contribution in [2.75, 3.05) is 0 Å². The fourth-order valence-corrected chi connectivity index (χ4v) is 7.03. The first-order chi connectivity index (χ1) is 13.1. The number of ketones is 1. The van der Waals surface area contributed by atoms with E-state index in [-0.39, 0.29) is 40.6 Å². The fourth-order valence-electron chi connectivity index (χ4n) is 7.03. The number of carbonyl (C=O) groups excluding carboxylic acids is 3. The molecule has 0 aromatic carbocycles. The third kappa shape index (κ3) is 2.93. The van der Waals surface area contributed by atoms with Crippen molar-refractivity contribution >= 4 is 17.7 Å². The van der Waals surface area contributed by atoms with E-state index in [1.807, 2.05) is 0 Å². The highest BCUT2D eigenvalue weighted by molar-refractivity contribution is 5.92. The number of esters is 2. The molecule has 0 N–H and O–H groups in total. The predicted octanol–water partition coefficient (Wildman–Crippen LogP) is 3.99. The van der Waals surface area contributed by atoms with E-state index in [2.05, 4.69) is 19.9 Å². The summed E-state index contributed by atoms with van der Waals surface area (Å²) >= 11 is 0. The molecule has 3 saturated carbocycles. The number of rotatable bonds is 2. The van der Waals surface area contributed by atoms with Crippen LogP contribution in [0.1, 0.15) is 72.6 Å². The van der Waals surface area contributed by atoms with Crippen LogP contribution in [0.2, 0.25) is 0 Å². The Balaban J connectivity index is 1.58. The van der Waals surface area contributed by atoms with Gasteiger partial charge in [-0.15, -0.1) is 0 Å². The van der Waals surface area contributed by atoms with Gasteiger partial charge in [0, 0.05) is 25.7 Å². The number of fused-ring (bicyclic) bond motifs is 5. The molecule has 4 aliphatic rings. The lowest BCUT2D eigenvalue weighted by Gasteiger charge is -2.56. The van der Waals surface area contributed by atoms with Crippen LogP contribution in [-0.2, 0) is 23.9 Å². The maximum atomic E-state index is 13.0. The van der Waals surface area contributed by atoms with Crippen LogP contribution >= 0.6 is 0 Å². The maximum absolute atomic E-state index is 13.0. The summed E-state index contributed by atoms with van der Waals surface area (Å²) in [4.78, 5) is 35.9. The molecule has 154 valence electrons. The van der Waals surface area contributed by atoms with E-state index in [0.717, 1.165) is 38.5 Å². The Morgan fingerprint density at radius 2 is 1.68 bits per heavy atom. The van der Waals surface area contributed by atoms with Crippen molar-refractivity contribution in [2.45, 2.75) is 84.8 Å². The van der Waals surface area contributed by atoms with Crippen molar-refractivity contribution in [3.8, 4) is 0 Å². The van der Waals surface area contributed by atoms with Gasteiger partial charge in [0.15, 0.2) is 11.9 Å². The average Bonchev–Trinajstić information content (AvgIpc) is 2.86. The first kappa shape index (κ1) is 19.7. The third-order valence-electron chi connectivity index (χ3n) is 8.41. The largest absolute Gasteiger partial charge is 0.462 e. The quantitative estimate of drug-likeness (QED) is 0.528. The number of carbonyl (C=O) groups is 3. The molecule has 4 aliphatic carbocycles. The molecule has 7 atom stereocenters. The van der Waals surface area contributed by atoms with Gasteiger partial charge in [-0.3, -0.25) is 14.4 Å². The Bertz CT molecular complexity index is 739. The second-order valence-electron chi connectivity index (χ2n) is 9.89. The Labute approximate surface area is 167 Å². The minimum atomic E-state index is -0.566. The smallest absolute Gasteiger partial charge is 0.303 e. The van der Waals surface area contributed by atoms with Crippen LogP contribution in [0.4, 0.5) is 0 Å². The number of Topliss-reactive ketones (excluding diaryl/α,β-unsaturated/α-hetero) is 1. The van der Waals surface area contributed by atoms with Crippen LogP contribution in [0.3, 0.4) is 0 Å². The van der Waals surface area contributed by atoms with Gasteiger partial charge in [-0.1, -0.05) is 25.5 Å². The molecule has 0 bridgehead atoms. The second-order valence-corrected chi connectivity index (χ2v) is 9.89. The minimum absolute atomic E-state index is 0.00337. The van der Waals surface area contributed by atoms with Gasteiger partial charge in [0.2, 0.25) is 0 Å². The summed E-state index contributed by atoms with van der Waals surface area (Å²) in [6.07, 6.45) is 8.16. The van der Waals surface area contributed by atoms with Crippen molar-refractivity contribution in [3.05, 3.63) is 11.6 Å². The predicted molar refractivity (Wildman–Crippen MR) is 103 cm³/mol. The van der Waals surface area contributed by atoms with Gasteiger partial charge in [-0.25, -0.2) is 0 Å². The van der Waals surface area contributed by atoms with Crippen LogP contribution in [0.15, 0.2) is 11.6 Å². The summed E-state index contributed by atoms with van der Waals surface area (Å²) in [5.41, 5.74) is 1.21. The van der Waals surface area contributed by atoms with Crippen molar-refractivity contribution in [1.82, 2.24) is 0 Å². The molecule has 2 unspecified atom stereocenters. The molecule has 0 amide bonds. The lowest BCUT2D eigenvalue weighted by Crippen LogP contribution is -2.50. The molecule has 5 nitrogen and oxygen atoms in total. The molecular formula is C23H32O5. The van der Waals surface area contributed by atoms with E-state index >= 15 is 0 Å². The van der Waals surface area contributed by atoms with E-state index in [9.17, 15) is 14.4 Å². The molecule has 0 aromatic rings. The van der Waals surface area contributed by atoms with Crippen LogP contribution in [0.5, 0.6) is 0 Å². The molecule has 0 saturated heterocycles. The molecule has 28 heavy (non-hydrogen) atoms. The zero-order chi connectivity index (χ0) is 20.3. The van der Waals surface area contributed by atoms with Crippen molar-refractivity contribution in [1.29, 1.82) is 0 Å². The van der Waals surface area contributed by atoms with Gasteiger partial charge in [-0.05, 0) is 61.7 Å². The summed E-state index contributed by atoms with van der Waals surface area (Å²) in [5.74, 6) is 0.861. The normalized spacial score (nSPS) is 44.6. The Morgan fingerprint density at radius 3 is 2.36 bits per heavy atom. The third-order valence-corrected chi connectivity index (χ3v) is 8.41. The van der Waals surface area contributed by atoms with Gasteiger partial charge in [0.05, 0.1) is 0 Å². The maximum Gasteiger partial charge on any atom is 0.303 e. The lowest BCUT2D eigenvalue weighted by atomic mass is 9.48. The molecule has 0 aromatic heterocycles. The van der Waals surface area contributed by atoms with Crippen molar-refractivity contribution in [2.24, 2.45) is 28.6 Å². The molecule has 0 aliphatic heterocycles. The summed E-state index contributed by atoms with van der Waals surface area (Å²) in [7, 11) is 0. The first-order valence-electron chi connectivity index (χ1n) is 10.7. The zero-order valence-corrected chi connectivity index (χ0v) is 17.5. The van der Waals surface area contributed by atoms with E-state index in [4.69, 9.17) is 9.47 Å². The molecule has 0 radical (unpaired) electrons. The van der Waals surface area contributed by atoms with Crippen molar-refractivity contribution in [3.63, 3.8) is 0 Å². The molecule has 4 rings (SSSR count). The second kappa shape index (κ2) is 6.70. The Hall–Kier alpha value is -1.65. The van der Waals surface area contributed by atoms with Gasteiger partial charge in [0.25, 0.3) is 0 Å². The zero-order valence-electron chi connectivity index (χ0n) is 17.5. The topological polar surface area (TPSA) is 69.7 Å². The first-order valence-corrected chi connectivity index (χ1v) is 10.7. The number of ether oxygens (including phenoxy) is 2. The standard InChI is InChI=1S/C23H32O5/c1-13(24)27-16-7-9-22(3)15(11-16)5-6-17-18(22)8-10-23(4)19(17)12-20(21(23)26)28-14(2)25/h5,16-20H,6-12H2,1-4H3/t16?,17-,18+,19+,20?,22+,23+/m1/s1. The van der Waals surface area contributed by atoms with Crippen molar-refractivity contribution < 1.29 is 23.9 Å². The van der Waals surface area contributed by atoms with Gasteiger partial charge < -0.3 is 9.47 Å². The molecule has 0 spiro atoms. The highest BCUT2D eigenvalue weighted by Crippen LogP contribution is 2.64. The Kier molecular flexibility index (Phi) is 4.71. The molecule has 0 heterocycles. The minimum Gasteiger partial charge on any atom is -0.462 e. The van der Waals surface area contributed by atoms with Gasteiger partial charge in [0.1, 0.15) is 6.10 Å². The average molecular weight is 389 g/mol. The number of hydrogen-bond donors (Lipinski definition) is 0. The van der Waals surface area contributed by atoms with Crippen LogP contribution in [0, 0.1) is 28.6 Å². The van der Waals surface area contributed by atoms with E-state index < -0.39 is 6.10 Å². The van der Waals surface area contributed by atoms with Crippen LogP contribution in [-0.4, -0.2) is 29.9 Å². The summed E-state index contributed by atoms with van der Waals surface area (Å²) < 4.78 is 10.9. The number of allylic oxidation sites excluding steroid dienone is 1. The van der Waals surface area contributed by atoms with Crippen LogP contribution < -0.4 is 0 Å². The summed E-state index contributed by atoms with van der Waals surface area (Å²) in [5, 5.41) is 0. The molecular weight excluding hydrogens is 356 g/mol. The van der Waals surface area contributed by atoms with Gasteiger partial charge >= 0.3 is 11.9 Å². The monoisotopic (exact) mass is 388 g/mol. The molecule has 3 fully saturated rings. The number of hydrogen-bond acceptors (Lipinski definition) is 5. The van der Waals surface area contributed by atoms with Crippen LogP contribution in [0.25, 0.3) is 0 Å². The van der Waals surface area contributed by atoms with E-state index in [1.165, 1.54) is 19.4 Å². The lowest BCUT2D eigenvalue weighted by molar-refractivity contribution is -0.153. The summed E-state index contributed by atoms with van der Waals surface area (Å²) in [6.45, 7) is 7.35. The fraction of sp³-hybridized carbons (Fsp3) is 0.783. The highest BCUT2D eigenvalue weighted by Gasteiger charge is 2.62. The van der Waals surface area contributed by atoms with E-state index in [0.29, 0.717) is 18.3 Å².